The molecule has 8 heteroatoms. The molecular formula is C17H14F3N3OS. The van der Waals surface area contributed by atoms with Crippen LogP contribution >= 0.6 is 12.2 Å². The quantitative estimate of drug-likeness (QED) is 0.682. The lowest BCUT2D eigenvalue weighted by Gasteiger charge is -2.15. The molecule has 0 unspecified atom stereocenters. The lowest BCUT2D eigenvalue weighted by Crippen LogP contribution is -2.20. The number of H-pyrrole nitrogens is 1. The number of benzene rings is 1. The van der Waals surface area contributed by atoms with Crippen molar-refractivity contribution in [1.29, 1.82) is 0 Å². The molecule has 0 amide bonds. The van der Waals surface area contributed by atoms with E-state index in [1.54, 1.807) is 31.2 Å². The summed E-state index contributed by atoms with van der Waals surface area (Å²) in [5.74, 6) is 0. The van der Waals surface area contributed by atoms with Crippen molar-refractivity contribution < 1.29 is 13.2 Å². The number of rotatable bonds is 2. The number of hydrogen-bond donors (Lipinski definition) is 1. The summed E-state index contributed by atoms with van der Waals surface area (Å²) in [7, 11) is 0. The molecule has 0 radical (unpaired) electrons. The molecule has 4 nitrogen and oxygen atoms in total. The summed E-state index contributed by atoms with van der Waals surface area (Å²) in [6, 6.07) is 7.88. The largest absolute Gasteiger partial charge is 0.417 e. The van der Waals surface area contributed by atoms with Gasteiger partial charge in [0.15, 0.2) is 4.77 Å². The van der Waals surface area contributed by atoms with Gasteiger partial charge < -0.3 is 4.57 Å². The number of aromatic amines is 1. The van der Waals surface area contributed by atoms with Gasteiger partial charge >= 0.3 is 6.18 Å². The van der Waals surface area contributed by atoms with E-state index in [2.05, 4.69) is 9.97 Å². The van der Waals surface area contributed by atoms with Gasteiger partial charge in [-0.2, -0.15) is 13.2 Å². The van der Waals surface area contributed by atoms with E-state index in [4.69, 9.17) is 12.2 Å². The summed E-state index contributed by atoms with van der Waals surface area (Å²) >= 11 is 5.07. The van der Waals surface area contributed by atoms with Crippen LogP contribution in [-0.4, -0.2) is 14.5 Å². The van der Waals surface area contributed by atoms with Crippen LogP contribution in [0.1, 0.15) is 18.1 Å². The molecule has 0 atom stereocenters. The number of aryl methyl sites for hydroxylation is 2. The number of aromatic nitrogens is 3. The van der Waals surface area contributed by atoms with E-state index < -0.39 is 22.7 Å². The van der Waals surface area contributed by atoms with Gasteiger partial charge in [-0.25, -0.2) is 4.98 Å². The van der Waals surface area contributed by atoms with Gasteiger partial charge in [-0.3, -0.25) is 9.78 Å². The lowest BCUT2D eigenvalue weighted by atomic mass is 10.0. The van der Waals surface area contributed by atoms with Crippen molar-refractivity contribution in [2.45, 2.75) is 26.6 Å². The van der Waals surface area contributed by atoms with Crippen molar-refractivity contribution in [3.8, 4) is 11.3 Å². The van der Waals surface area contributed by atoms with Crippen LogP contribution < -0.4 is 5.56 Å². The van der Waals surface area contributed by atoms with Crippen molar-refractivity contribution in [3.63, 3.8) is 0 Å². The molecule has 130 valence electrons. The predicted molar refractivity (Wildman–Crippen MR) is 92.0 cm³/mol. The van der Waals surface area contributed by atoms with E-state index in [0.29, 0.717) is 5.56 Å². The molecule has 0 saturated carbocycles. The molecule has 1 N–H and O–H groups in total. The zero-order chi connectivity index (χ0) is 18.4. The van der Waals surface area contributed by atoms with E-state index >= 15 is 0 Å². The Morgan fingerprint density at radius 1 is 1.24 bits per heavy atom. The first-order valence-corrected chi connectivity index (χ1v) is 7.95. The Morgan fingerprint density at radius 3 is 2.44 bits per heavy atom. The van der Waals surface area contributed by atoms with E-state index in [1.165, 1.54) is 4.57 Å². The third-order valence-electron chi connectivity index (χ3n) is 3.92. The summed E-state index contributed by atoms with van der Waals surface area (Å²) in [6.45, 7) is 3.89. The second kappa shape index (κ2) is 6.11. The highest BCUT2D eigenvalue weighted by molar-refractivity contribution is 7.71. The zero-order valence-electron chi connectivity index (χ0n) is 13.4. The Labute approximate surface area is 146 Å². The molecule has 1 aromatic carbocycles. The van der Waals surface area contributed by atoms with Crippen LogP contribution in [0.25, 0.3) is 22.3 Å². The van der Waals surface area contributed by atoms with Crippen molar-refractivity contribution >= 4 is 23.3 Å². The number of pyridine rings is 1. The highest BCUT2D eigenvalue weighted by Gasteiger charge is 2.35. The smallest absolute Gasteiger partial charge is 0.303 e. The standard InChI is InChI=1S/C17H14F3N3OS/c1-3-23-14-13(15(24)22-16(23)25)11(17(18,19)20)8-12(21-14)10-6-4-9(2)5-7-10/h4-8H,3H2,1-2H3,(H,22,24,25). The first-order valence-electron chi connectivity index (χ1n) is 7.54. The van der Waals surface area contributed by atoms with Crippen LogP contribution in [0.3, 0.4) is 0 Å². The molecule has 3 aromatic rings. The molecule has 0 aliphatic carbocycles. The number of alkyl halides is 3. The van der Waals surface area contributed by atoms with Gasteiger partial charge in [0, 0.05) is 12.1 Å². The number of hydrogen-bond acceptors (Lipinski definition) is 3. The van der Waals surface area contributed by atoms with Crippen molar-refractivity contribution in [2.24, 2.45) is 0 Å². The maximum Gasteiger partial charge on any atom is 0.417 e. The maximum absolute atomic E-state index is 13.6. The summed E-state index contributed by atoms with van der Waals surface area (Å²) in [6.07, 6.45) is -4.69. The number of halogens is 3. The van der Waals surface area contributed by atoms with Crippen LogP contribution in [0.2, 0.25) is 0 Å². The molecule has 0 aliphatic heterocycles. The average Bonchev–Trinajstić information content (AvgIpc) is 2.54. The van der Waals surface area contributed by atoms with Crippen molar-refractivity contribution in [3.05, 3.63) is 56.6 Å². The van der Waals surface area contributed by atoms with Crippen LogP contribution in [0.4, 0.5) is 13.2 Å². The fraction of sp³-hybridized carbons (Fsp3) is 0.235. The average molecular weight is 365 g/mol. The zero-order valence-corrected chi connectivity index (χ0v) is 14.3. The fourth-order valence-corrected chi connectivity index (χ4v) is 2.97. The highest BCUT2D eigenvalue weighted by atomic mass is 32.1. The minimum Gasteiger partial charge on any atom is -0.303 e. The molecule has 0 saturated heterocycles. The van der Waals surface area contributed by atoms with Gasteiger partial charge in [0.25, 0.3) is 5.56 Å². The number of fused-ring (bicyclic) bond motifs is 1. The van der Waals surface area contributed by atoms with Crippen LogP contribution in [0, 0.1) is 11.7 Å². The fourth-order valence-electron chi connectivity index (χ4n) is 2.66. The minimum absolute atomic E-state index is 0.0432. The SMILES string of the molecule is CCn1c(=S)[nH]c(=O)c2c(C(F)(F)F)cc(-c3ccc(C)cc3)nc21. The topological polar surface area (TPSA) is 50.7 Å². The van der Waals surface area contributed by atoms with Crippen molar-refractivity contribution in [2.75, 3.05) is 0 Å². The van der Waals surface area contributed by atoms with Crippen LogP contribution in [-0.2, 0) is 12.7 Å². The molecule has 0 bridgehead atoms. The van der Waals surface area contributed by atoms with Gasteiger partial charge in [-0.05, 0) is 32.1 Å². The normalized spacial score (nSPS) is 11.9. The molecule has 0 fully saturated rings. The minimum atomic E-state index is -4.69. The lowest BCUT2D eigenvalue weighted by molar-refractivity contribution is -0.136. The van der Waals surface area contributed by atoms with Gasteiger partial charge in [0.1, 0.15) is 5.65 Å². The monoisotopic (exact) mass is 365 g/mol. The van der Waals surface area contributed by atoms with Gasteiger partial charge in [0.2, 0.25) is 0 Å². The molecule has 0 spiro atoms. The van der Waals surface area contributed by atoms with Crippen LogP contribution in [0.15, 0.2) is 35.1 Å². The molecule has 2 heterocycles. The summed E-state index contributed by atoms with van der Waals surface area (Å²) in [4.78, 5) is 18.8. The Balaban J connectivity index is 2.48. The van der Waals surface area contributed by atoms with Gasteiger partial charge in [-0.15, -0.1) is 0 Å². The third kappa shape index (κ3) is 3.09. The van der Waals surface area contributed by atoms with E-state index in [1.807, 2.05) is 6.92 Å². The maximum atomic E-state index is 13.6. The predicted octanol–water partition coefficient (Wildman–Crippen LogP) is 4.47. The number of nitrogens with one attached hydrogen (secondary N) is 1. The second-order valence-corrected chi connectivity index (χ2v) is 6.01. The molecule has 3 rings (SSSR count). The van der Waals surface area contributed by atoms with E-state index in [0.717, 1.165) is 11.6 Å². The van der Waals surface area contributed by atoms with Gasteiger partial charge in [-0.1, -0.05) is 29.8 Å². The van der Waals surface area contributed by atoms with Gasteiger partial charge in [0.05, 0.1) is 16.6 Å². The first kappa shape index (κ1) is 17.3. The summed E-state index contributed by atoms with van der Waals surface area (Å²) in [5, 5.41) is -0.501. The molecule has 2 aromatic heterocycles. The second-order valence-electron chi connectivity index (χ2n) is 5.62. The van der Waals surface area contributed by atoms with E-state index in [9.17, 15) is 18.0 Å². The van der Waals surface area contributed by atoms with Crippen LogP contribution in [0.5, 0.6) is 0 Å². The Bertz CT molecular complexity index is 1070. The molecule has 25 heavy (non-hydrogen) atoms. The van der Waals surface area contributed by atoms with E-state index in [-0.39, 0.29) is 22.7 Å². The Kier molecular flexibility index (Phi) is 4.24. The first-order chi connectivity index (χ1) is 11.7. The summed E-state index contributed by atoms with van der Waals surface area (Å²) in [5.41, 5.74) is -0.324. The Hall–Kier alpha value is -2.48. The number of nitrogens with zero attached hydrogens (tertiary/aromatic N) is 2. The highest BCUT2D eigenvalue weighted by Crippen LogP contribution is 2.35. The van der Waals surface area contributed by atoms with Crippen molar-refractivity contribution in [1.82, 2.24) is 14.5 Å². The Morgan fingerprint density at radius 2 is 1.88 bits per heavy atom. The summed E-state index contributed by atoms with van der Waals surface area (Å²) < 4.78 is 42.2. The molecular weight excluding hydrogens is 351 g/mol. The third-order valence-corrected chi connectivity index (χ3v) is 4.24. The molecule has 0 aliphatic rings.